The minimum Gasteiger partial charge on any atom is -0.480 e. The summed E-state index contributed by atoms with van der Waals surface area (Å²) in [5.41, 5.74) is 2.01. The van der Waals surface area contributed by atoms with Crippen molar-refractivity contribution in [2.75, 3.05) is 6.26 Å². The zero-order chi connectivity index (χ0) is 19.2. The van der Waals surface area contributed by atoms with Gasteiger partial charge in [-0.3, -0.25) is 9.59 Å². The first-order valence-electron chi connectivity index (χ1n) is 8.20. The molecule has 2 aromatic carbocycles. The number of benzene rings is 2. The van der Waals surface area contributed by atoms with Gasteiger partial charge >= 0.3 is 5.97 Å². The lowest BCUT2D eigenvalue weighted by Gasteiger charge is -2.22. The summed E-state index contributed by atoms with van der Waals surface area (Å²) < 4.78 is 1.70. The summed E-state index contributed by atoms with van der Waals surface area (Å²) in [7, 11) is 0. The molecule has 0 aliphatic carbocycles. The van der Waals surface area contributed by atoms with E-state index in [1.54, 1.807) is 22.8 Å². The van der Waals surface area contributed by atoms with Gasteiger partial charge in [0.1, 0.15) is 6.54 Å². The van der Waals surface area contributed by atoms with E-state index in [2.05, 4.69) is 20.8 Å². The predicted molar refractivity (Wildman–Crippen MR) is 109 cm³/mol. The Hall–Kier alpha value is -1.98. The summed E-state index contributed by atoms with van der Waals surface area (Å²) in [6, 6.07) is 9.02. The number of nitrogens with zero attached hydrogens (tertiary/aromatic N) is 1. The molecular weight excluding hydrogens is 370 g/mol. The average molecular weight is 390 g/mol. The standard InChI is InChI=1S/C20H20ClNO3S/c1-20(2,3)11-5-6-12-15(9-11)22(10-16(23)24)17-13(18(12)25)7-8-14(21)19(17)26-4/h5-9H,10H2,1-4H3,(H,23,24). The van der Waals surface area contributed by atoms with Gasteiger partial charge in [0.25, 0.3) is 0 Å². The van der Waals surface area contributed by atoms with Gasteiger partial charge in [-0.2, -0.15) is 0 Å². The molecule has 0 spiro atoms. The SMILES string of the molecule is CSc1c(Cl)ccc2c(=O)c3ccc(C(C)(C)C)cc3n(CC(=O)O)c12. The van der Waals surface area contributed by atoms with Crippen LogP contribution in [0.15, 0.2) is 40.0 Å². The van der Waals surface area contributed by atoms with Gasteiger partial charge in [-0.05, 0) is 41.5 Å². The quantitative estimate of drug-likeness (QED) is 0.510. The lowest BCUT2D eigenvalue weighted by molar-refractivity contribution is -0.137. The van der Waals surface area contributed by atoms with E-state index in [4.69, 9.17) is 11.6 Å². The molecule has 1 heterocycles. The van der Waals surface area contributed by atoms with E-state index in [0.29, 0.717) is 31.7 Å². The average Bonchev–Trinajstić information content (AvgIpc) is 2.56. The Labute approximate surface area is 160 Å². The second-order valence-corrected chi connectivity index (χ2v) is 8.49. The molecule has 26 heavy (non-hydrogen) atoms. The Morgan fingerprint density at radius 3 is 2.42 bits per heavy atom. The van der Waals surface area contributed by atoms with Crippen molar-refractivity contribution in [3.63, 3.8) is 0 Å². The fraction of sp³-hybridized carbons (Fsp3) is 0.300. The molecule has 0 fully saturated rings. The van der Waals surface area contributed by atoms with Gasteiger partial charge in [-0.15, -0.1) is 11.8 Å². The number of hydrogen-bond acceptors (Lipinski definition) is 3. The lowest BCUT2D eigenvalue weighted by Crippen LogP contribution is -2.18. The highest BCUT2D eigenvalue weighted by Gasteiger charge is 2.20. The summed E-state index contributed by atoms with van der Waals surface area (Å²) in [6.07, 6.45) is 1.87. The van der Waals surface area contributed by atoms with E-state index in [-0.39, 0.29) is 17.4 Å². The summed E-state index contributed by atoms with van der Waals surface area (Å²) in [6.45, 7) is 6.01. The maximum Gasteiger partial charge on any atom is 0.323 e. The molecule has 3 aromatic rings. The van der Waals surface area contributed by atoms with E-state index in [1.807, 2.05) is 18.4 Å². The lowest BCUT2D eigenvalue weighted by atomic mass is 9.86. The molecule has 136 valence electrons. The van der Waals surface area contributed by atoms with Crippen molar-refractivity contribution in [3.8, 4) is 0 Å². The number of thioether (sulfide) groups is 1. The molecular formula is C20H20ClNO3S. The third-order valence-electron chi connectivity index (χ3n) is 4.49. The highest BCUT2D eigenvalue weighted by Crippen LogP contribution is 2.35. The summed E-state index contributed by atoms with van der Waals surface area (Å²) in [4.78, 5) is 25.3. The van der Waals surface area contributed by atoms with E-state index < -0.39 is 5.97 Å². The first-order valence-corrected chi connectivity index (χ1v) is 9.80. The maximum absolute atomic E-state index is 13.1. The van der Waals surface area contributed by atoms with Crippen molar-refractivity contribution in [1.29, 1.82) is 0 Å². The molecule has 0 bridgehead atoms. The van der Waals surface area contributed by atoms with Crippen LogP contribution >= 0.6 is 23.4 Å². The zero-order valence-electron chi connectivity index (χ0n) is 15.1. The third-order valence-corrected chi connectivity index (χ3v) is 5.74. The van der Waals surface area contributed by atoms with Crippen LogP contribution in [0, 0.1) is 0 Å². The number of pyridine rings is 1. The number of aromatic nitrogens is 1. The molecule has 0 atom stereocenters. The highest BCUT2D eigenvalue weighted by molar-refractivity contribution is 7.99. The van der Waals surface area contributed by atoms with E-state index >= 15 is 0 Å². The number of fused-ring (bicyclic) bond motifs is 2. The molecule has 1 N–H and O–H groups in total. The molecule has 4 nitrogen and oxygen atoms in total. The molecule has 0 amide bonds. The van der Waals surface area contributed by atoms with Gasteiger partial charge in [0, 0.05) is 10.8 Å². The third kappa shape index (κ3) is 3.10. The van der Waals surface area contributed by atoms with Gasteiger partial charge in [0.05, 0.1) is 21.0 Å². The first kappa shape index (κ1) is 18.8. The van der Waals surface area contributed by atoms with Gasteiger partial charge in [0.15, 0.2) is 5.43 Å². The number of carbonyl (C=O) groups is 1. The number of hydrogen-bond donors (Lipinski definition) is 1. The van der Waals surface area contributed by atoms with E-state index in [9.17, 15) is 14.7 Å². The van der Waals surface area contributed by atoms with Crippen LogP contribution in [0.1, 0.15) is 26.3 Å². The van der Waals surface area contributed by atoms with Crippen LogP contribution in [-0.4, -0.2) is 21.9 Å². The van der Waals surface area contributed by atoms with Crippen LogP contribution in [0.5, 0.6) is 0 Å². The molecule has 3 rings (SSSR count). The van der Waals surface area contributed by atoms with Crippen molar-refractivity contribution in [1.82, 2.24) is 4.57 Å². The molecule has 0 aliphatic heterocycles. The van der Waals surface area contributed by atoms with Crippen molar-refractivity contribution in [2.45, 2.75) is 37.6 Å². The number of rotatable bonds is 3. The second-order valence-electron chi connectivity index (χ2n) is 7.27. The molecule has 1 aromatic heterocycles. The maximum atomic E-state index is 13.1. The Balaban J connectivity index is 2.59. The molecule has 0 aliphatic rings. The van der Waals surface area contributed by atoms with Gasteiger partial charge < -0.3 is 9.67 Å². The van der Waals surface area contributed by atoms with Crippen LogP contribution in [0.2, 0.25) is 5.02 Å². The fourth-order valence-electron chi connectivity index (χ4n) is 3.17. The Kier molecular flexibility index (Phi) is 4.80. The van der Waals surface area contributed by atoms with E-state index in [0.717, 1.165) is 5.56 Å². The topological polar surface area (TPSA) is 59.3 Å². The normalized spacial score (nSPS) is 12.0. The summed E-state index contributed by atoms with van der Waals surface area (Å²) >= 11 is 7.74. The van der Waals surface area contributed by atoms with Crippen LogP contribution in [0.4, 0.5) is 0 Å². The molecule has 0 radical (unpaired) electrons. The fourth-order valence-corrected chi connectivity index (χ4v) is 4.23. The van der Waals surface area contributed by atoms with Gasteiger partial charge in [-0.25, -0.2) is 0 Å². The second kappa shape index (κ2) is 6.63. The van der Waals surface area contributed by atoms with Crippen LogP contribution in [0.25, 0.3) is 21.8 Å². The van der Waals surface area contributed by atoms with Crippen molar-refractivity contribution < 1.29 is 9.90 Å². The monoisotopic (exact) mass is 389 g/mol. The molecule has 6 heteroatoms. The number of aliphatic carboxylic acids is 1. The van der Waals surface area contributed by atoms with Gasteiger partial charge in [-0.1, -0.05) is 38.4 Å². The minimum absolute atomic E-state index is 0.107. The summed E-state index contributed by atoms with van der Waals surface area (Å²) in [5.74, 6) is -0.968. The number of carboxylic acids is 1. The van der Waals surface area contributed by atoms with Crippen molar-refractivity contribution in [2.24, 2.45) is 0 Å². The van der Waals surface area contributed by atoms with Crippen LogP contribution < -0.4 is 5.43 Å². The summed E-state index contributed by atoms with van der Waals surface area (Å²) in [5, 5.41) is 11.0. The van der Waals surface area contributed by atoms with Crippen molar-refractivity contribution >= 4 is 51.1 Å². The Morgan fingerprint density at radius 1 is 1.19 bits per heavy atom. The van der Waals surface area contributed by atoms with Crippen LogP contribution in [-0.2, 0) is 16.8 Å². The smallest absolute Gasteiger partial charge is 0.323 e. The number of carboxylic acid groups (broad SMARTS) is 1. The molecule has 0 saturated heterocycles. The van der Waals surface area contributed by atoms with Crippen LogP contribution in [0.3, 0.4) is 0 Å². The Bertz CT molecular complexity index is 1100. The zero-order valence-corrected chi connectivity index (χ0v) is 16.7. The molecule has 0 saturated carbocycles. The van der Waals surface area contributed by atoms with Gasteiger partial charge in [0.2, 0.25) is 0 Å². The largest absolute Gasteiger partial charge is 0.480 e. The minimum atomic E-state index is -0.968. The number of halogens is 1. The first-order chi connectivity index (χ1) is 12.1. The predicted octanol–water partition coefficient (Wildman–Crippen LogP) is 4.91. The van der Waals surface area contributed by atoms with E-state index in [1.165, 1.54) is 11.8 Å². The Morgan fingerprint density at radius 2 is 1.85 bits per heavy atom. The highest BCUT2D eigenvalue weighted by atomic mass is 35.5. The molecule has 0 unspecified atom stereocenters. The van der Waals surface area contributed by atoms with Crippen molar-refractivity contribution in [3.05, 3.63) is 51.1 Å².